The molecule has 2 unspecified atom stereocenters. The smallest absolute Gasteiger partial charge is 0.0303 e. The molecule has 0 saturated heterocycles. The van der Waals surface area contributed by atoms with Gasteiger partial charge in [-0.3, -0.25) is 4.98 Å². The lowest BCUT2D eigenvalue weighted by molar-refractivity contribution is 0.539. The normalized spacial score (nSPS) is 14.9. The van der Waals surface area contributed by atoms with Gasteiger partial charge < -0.3 is 11.1 Å². The van der Waals surface area contributed by atoms with E-state index in [1.807, 2.05) is 12.3 Å². The first-order chi connectivity index (χ1) is 7.24. The zero-order valence-corrected chi connectivity index (χ0v) is 9.61. The summed E-state index contributed by atoms with van der Waals surface area (Å²) in [5, 5.41) is 3.38. The summed E-state index contributed by atoms with van der Waals surface area (Å²) in [5.41, 5.74) is 7.10. The van der Waals surface area contributed by atoms with Crippen LogP contribution in [0.5, 0.6) is 0 Å². The number of nitrogens with one attached hydrogen (secondary N) is 1. The molecule has 0 bridgehead atoms. The van der Waals surface area contributed by atoms with Crippen LogP contribution < -0.4 is 11.1 Å². The summed E-state index contributed by atoms with van der Waals surface area (Å²) in [7, 11) is 0. The summed E-state index contributed by atoms with van der Waals surface area (Å²) in [4.78, 5) is 4.11. The van der Waals surface area contributed by atoms with Crippen LogP contribution in [0.3, 0.4) is 0 Å². The predicted octanol–water partition coefficient (Wildman–Crippen LogP) is 1.51. The predicted molar refractivity (Wildman–Crippen MR) is 63.8 cm³/mol. The Morgan fingerprint density at radius 3 is 2.87 bits per heavy atom. The average molecular weight is 207 g/mol. The van der Waals surface area contributed by atoms with Crippen molar-refractivity contribution in [2.45, 2.75) is 32.2 Å². The lowest BCUT2D eigenvalue weighted by atomic mass is 10.0. The SMILES string of the molecule is CCC(N)CNCC(C)c1cccnc1. The minimum Gasteiger partial charge on any atom is -0.327 e. The molecule has 3 heteroatoms. The number of hydrogen-bond acceptors (Lipinski definition) is 3. The van der Waals surface area contributed by atoms with Gasteiger partial charge in [0.2, 0.25) is 0 Å². The number of rotatable bonds is 6. The minimum absolute atomic E-state index is 0.270. The number of nitrogens with two attached hydrogens (primary N) is 1. The van der Waals surface area contributed by atoms with Gasteiger partial charge in [0, 0.05) is 31.5 Å². The molecule has 1 heterocycles. The standard InChI is InChI=1S/C12H21N3/c1-3-12(13)9-15-7-10(2)11-5-4-6-14-8-11/h4-6,8,10,12,15H,3,7,9,13H2,1-2H3. The molecule has 0 aliphatic carbocycles. The summed E-state index contributed by atoms with van der Waals surface area (Å²) < 4.78 is 0. The van der Waals surface area contributed by atoms with Crippen molar-refractivity contribution in [3.8, 4) is 0 Å². The molecule has 0 amide bonds. The van der Waals surface area contributed by atoms with Gasteiger partial charge in [-0.05, 0) is 24.0 Å². The zero-order chi connectivity index (χ0) is 11.1. The molecule has 15 heavy (non-hydrogen) atoms. The molecule has 0 aliphatic heterocycles. The molecule has 84 valence electrons. The van der Waals surface area contributed by atoms with Gasteiger partial charge in [0.1, 0.15) is 0 Å². The van der Waals surface area contributed by atoms with Crippen LogP contribution in [0.2, 0.25) is 0 Å². The largest absolute Gasteiger partial charge is 0.327 e. The Hall–Kier alpha value is -0.930. The maximum Gasteiger partial charge on any atom is 0.0303 e. The van der Waals surface area contributed by atoms with Crippen molar-refractivity contribution in [3.63, 3.8) is 0 Å². The molecule has 0 aliphatic rings. The molecule has 0 aromatic carbocycles. The maximum absolute atomic E-state index is 5.82. The van der Waals surface area contributed by atoms with Crippen molar-refractivity contribution in [1.29, 1.82) is 0 Å². The van der Waals surface area contributed by atoms with Crippen molar-refractivity contribution in [1.82, 2.24) is 10.3 Å². The lowest BCUT2D eigenvalue weighted by Gasteiger charge is -2.14. The van der Waals surface area contributed by atoms with E-state index < -0.39 is 0 Å². The third-order valence-corrected chi connectivity index (χ3v) is 2.63. The van der Waals surface area contributed by atoms with E-state index in [9.17, 15) is 0 Å². The Morgan fingerprint density at radius 2 is 2.27 bits per heavy atom. The van der Waals surface area contributed by atoms with Crippen LogP contribution in [0.1, 0.15) is 31.7 Å². The Morgan fingerprint density at radius 1 is 1.47 bits per heavy atom. The van der Waals surface area contributed by atoms with Crippen molar-refractivity contribution in [2.75, 3.05) is 13.1 Å². The Labute approximate surface area is 92.1 Å². The number of aromatic nitrogens is 1. The summed E-state index contributed by atoms with van der Waals surface area (Å²) in [6, 6.07) is 4.36. The van der Waals surface area contributed by atoms with Crippen LogP contribution in [0.25, 0.3) is 0 Å². The molecular formula is C12H21N3. The minimum atomic E-state index is 0.270. The zero-order valence-electron chi connectivity index (χ0n) is 9.61. The Kier molecular flexibility index (Phi) is 5.29. The molecule has 0 spiro atoms. The molecular weight excluding hydrogens is 186 g/mol. The molecule has 3 N–H and O–H groups in total. The van der Waals surface area contributed by atoms with E-state index in [0.717, 1.165) is 19.5 Å². The van der Waals surface area contributed by atoms with E-state index in [1.54, 1.807) is 6.20 Å². The van der Waals surface area contributed by atoms with Crippen LogP contribution in [0.15, 0.2) is 24.5 Å². The molecule has 2 atom stereocenters. The number of hydrogen-bond donors (Lipinski definition) is 2. The van der Waals surface area contributed by atoms with Crippen LogP contribution >= 0.6 is 0 Å². The van der Waals surface area contributed by atoms with Gasteiger partial charge in [0.05, 0.1) is 0 Å². The van der Waals surface area contributed by atoms with Crippen molar-refractivity contribution in [2.24, 2.45) is 5.73 Å². The fraction of sp³-hybridized carbons (Fsp3) is 0.583. The van der Waals surface area contributed by atoms with E-state index in [1.165, 1.54) is 5.56 Å². The molecule has 3 nitrogen and oxygen atoms in total. The van der Waals surface area contributed by atoms with Gasteiger partial charge in [0.25, 0.3) is 0 Å². The van der Waals surface area contributed by atoms with Gasteiger partial charge in [-0.15, -0.1) is 0 Å². The number of nitrogens with zero attached hydrogens (tertiary/aromatic N) is 1. The topological polar surface area (TPSA) is 50.9 Å². The van der Waals surface area contributed by atoms with E-state index in [-0.39, 0.29) is 6.04 Å². The molecule has 0 fully saturated rings. The highest BCUT2D eigenvalue weighted by Gasteiger charge is 2.05. The van der Waals surface area contributed by atoms with Crippen LogP contribution in [-0.4, -0.2) is 24.1 Å². The summed E-state index contributed by atoms with van der Waals surface area (Å²) in [6.45, 7) is 6.15. The second kappa shape index (κ2) is 6.53. The van der Waals surface area contributed by atoms with Gasteiger partial charge in [-0.1, -0.05) is 19.9 Å². The van der Waals surface area contributed by atoms with Crippen LogP contribution in [0.4, 0.5) is 0 Å². The lowest BCUT2D eigenvalue weighted by Crippen LogP contribution is -2.34. The van der Waals surface area contributed by atoms with E-state index in [2.05, 4.69) is 30.2 Å². The van der Waals surface area contributed by atoms with Crippen molar-refractivity contribution >= 4 is 0 Å². The fourth-order valence-corrected chi connectivity index (χ4v) is 1.41. The molecule has 1 rings (SSSR count). The molecule has 1 aromatic rings. The summed E-state index contributed by atoms with van der Waals surface area (Å²) >= 11 is 0. The third-order valence-electron chi connectivity index (χ3n) is 2.63. The highest BCUT2D eigenvalue weighted by atomic mass is 14.9. The summed E-state index contributed by atoms with van der Waals surface area (Å²) in [5.74, 6) is 0.489. The first-order valence-electron chi connectivity index (χ1n) is 5.60. The van der Waals surface area contributed by atoms with Crippen molar-refractivity contribution in [3.05, 3.63) is 30.1 Å². The highest BCUT2D eigenvalue weighted by molar-refractivity contribution is 5.13. The van der Waals surface area contributed by atoms with E-state index in [4.69, 9.17) is 5.73 Å². The van der Waals surface area contributed by atoms with Crippen LogP contribution in [0, 0.1) is 0 Å². The fourth-order valence-electron chi connectivity index (χ4n) is 1.41. The maximum atomic E-state index is 5.82. The average Bonchev–Trinajstić information content (AvgIpc) is 2.29. The second-order valence-electron chi connectivity index (χ2n) is 4.01. The Balaban J connectivity index is 2.28. The highest BCUT2D eigenvalue weighted by Crippen LogP contribution is 2.11. The third kappa shape index (κ3) is 4.40. The molecule has 0 radical (unpaired) electrons. The second-order valence-corrected chi connectivity index (χ2v) is 4.01. The van der Waals surface area contributed by atoms with E-state index >= 15 is 0 Å². The van der Waals surface area contributed by atoms with Gasteiger partial charge in [-0.25, -0.2) is 0 Å². The first-order valence-corrected chi connectivity index (χ1v) is 5.60. The van der Waals surface area contributed by atoms with E-state index in [0.29, 0.717) is 5.92 Å². The molecule has 1 aromatic heterocycles. The monoisotopic (exact) mass is 207 g/mol. The van der Waals surface area contributed by atoms with Gasteiger partial charge in [-0.2, -0.15) is 0 Å². The molecule has 0 saturated carbocycles. The quantitative estimate of drug-likeness (QED) is 0.743. The Bertz CT molecular complexity index is 261. The number of pyridine rings is 1. The first kappa shape index (κ1) is 12.1. The van der Waals surface area contributed by atoms with Gasteiger partial charge >= 0.3 is 0 Å². The van der Waals surface area contributed by atoms with Crippen molar-refractivity contribution < 1.29 is 0 Å². The summed E-state index contributed by atoms with van der Waals surface area (Å²) in [6.07, 6.45) is 4.75. The van der Waals surface area contributed by atoms with Crippen LogP contribution in [-0.2, 0) is 0 Å². The van der Waals surface area contributed by atoms with Gasteiger partial charge in [0.15, 0.2) is 0 Å².